The summed E-state index contributed by atoms with van der Waals surface area (Å²) in [7, 11) is 0. The van der Waals surface area contributed by atoms with Crippen LogP contribution in [0.2, 0.25) is 0 Å². The van der Waals surface area contributed by atoms with Crippen molar-refractivity contribution in [1.29, 1.82) is 0 Å². The van der Waals surface area contributed by atoms with Crippen molar-refractivity contribution in [2.24, 2.45) is 5.73 Å². The molecule has 3 heteroatoms. The van der Waals surface area contributed by atoms with Crippen molar-refractivity contribution < 1.29 is 9.84 Å². The lowest BCUT2D eigenvalue weighted by molar-refractivity contribution is 0.134. The fourth-order valence-corrected chi connectivity index (χ4v) is 2.02. The van der Waals surface area contributed by atoms with E-state index >= 15 is 0 Å². The Kier molecular flexibility index (Phi) is 1.47. The van der Waals surface area contributed by atoms with Crippen LogP contribution in [-0.4, -0.2) is 5.11 Å². The maximum atomic E-state index is 9.81. The summed E-state index contributed by atoms with van der Waals surface area (Å²) < 4.78 is 5.31. The first kappa shape index (κ1) is 8.26. The zero-order valence-electron chi connectivity index (χ0n) is 7.92. The Hall–Kier alpha value is -1.06. The van der Waals surface area contributed by atoms with Gasteiger partial charge in [0.25, 0.3) is 0 Å². The monoisotopic (exact) mass is 191 g/mol. The van der Waals surface area contributed by atoms with Crippen LogP contribution in [0.25, 0.3) is 0 Å². The highest BCUT2D eigenvalue weighted by Gasteiger charge is 2.42. The van der Waals surface area contributed by atoms with Crippen LogP contribution in [0.4, 0.5) is 0 Å². The van der Waals surface area contributed by atoms with E-state index in [1.54, 1.807) is 6.07 Å². The summed E-state index contributed by atoms with van der Waals surface area (Å²) in [6.45, 7) is 1.26. The second kappa shape index (κ2) is 2.49. The predicted octanol–water partition coefficient (Wildman–Crippen LogP) is 1.37. The molecule has 1 aromatic carbocycles. The van der Waals surface area contributed by atoms with Crippen molar-refractivity contribution in [1.82, 2.24) is 0 Å². The highest BCUT2D eigenvalue weighted by Crippen LogP contribution is 2.47. The molecule has 1 aliphatic carbocycles. The van der Waals surface area contributed by atoms with Crippen LogP contribution in [0.3, 0.4) is 0 Å². The maximum Gasteiger partial charge on any atom is 0.121 e. The average molecular weight is 191 g/mol. The summed E-state index contributed by atoms with van der Waals surface area (Å²) in [5, 5.41) is 9.81. The first-order chi connectivity index (χ1) is 6.69. The summed E-state index contributed by atoms with van der Waals surface area (Å²) in [5.74, 6) is 0.328. The molecule has 0 atom stereocenters. The second-order valence-corrected chi connectivity index (χ2v) is 4.29. The molecule has 74 valence electrons. The van der Waals surface area contributed by atoms with E-state index < -0.39 is 0 Å². The van der Waals surface area contributed by atoms with E-state index in [-0.39, 0.29) is 5.54 Å². The average Bonchev–Trinajstić information content (AvgIpc) is 2.75. The van der Waals surface area contributed by atoms with Gasteiger partial charge in [0.05, 0.1) is 13.2 Å². The minimum Gasteiger partial charge on any atom is -0.508 e. The standard InChI is InChI=1S/C11H13NO2/c12-11(1-2-11)9-3-7-5-14-6-8(7)4-10(9)13/h3-4,13H,1-2,5-6,12H2. The van der Waals surface area contributed by atoms with E-state index in [4.69, 9.17) is 10.5 Å². The number of aromatic hydroxyl groups is 1. The summed E-state index contributed by atoms with van der Waals surface area (Å²) >= 11 is 0. The van der Waals surface area contributed by atoms with Crippen LogP contribution in [0, 0.1) is 0 Å². The lowest BCUT2D eigenvalue weighted by Crippen LogP contribution is -2.19. The fraction of sp³-hybridized carbons (Fsp3) is 0.455. The summed E-state index contributed by atoms with van der Waals surface area (Å²) in [6, 6.07) is 3.80. The van der Waals surface area contributed by atoms with E-state index in [1.807, 2.05) is 6.07 Å². The van der Waals surface area contributed by atoms with Crippen molar-refractivity contribution in [3.63, 3.8) is 0 Å². The van der Waals surface area contributed by atoms with E-state index in [0.717, 1.165) is 24.0 Å². The smallest absolute Gasteiger partial charge is 0.121 e. The van der Waals surface area contributed by atoms with Crippen molar-refractivity contribution in [3.8, 4) is 5.75 Å². The molecule has 0 spiro atoms. The van der Waals surface area contributed by atoms with Gasteiger partial charge in [-0.1, -0.05) is 0 Å². The van der Waals surface area contributed by atoms with E-state index in [0.29, 0.717) is 19.0 Å². The van der Waals surface area contributed by atoms with Gasteiger partial charge in [0.1, 0.15) is 5.75 Å². The highest BCUT2D eigenvalue weighted by atomic mass is 16.5. The molecule has 0 bridgehead atoms. The summed E-state index contributed by atoms with van der Waals surface area (Å²) in [4.78, 5) is 0. The Morgan fingerprint density at radius 3 is 2.50 bits per heavy atom. The molecule has 1 fully saturated rings. The quantitative estimate of drug-likeness (QED) is 0.705. The van der Waals surface area contributed by atoms with Gasteiger partial charge in [-0.05, 0) is 36.1 Å². The summed E-state index contributed by atoms with van der Waals surface area (Å²) in [5.41, 5.74) is 8.96. The molecule has 0 radical (unpaired) electrons. The van der Waals surface area contributed by atoms with Gasteiger partial charge in [0, 0.05) is 11.1 Å². The number of fused-ring (bicyclic) bond motifs is 1. The molecule has 1 saturated carbocycles. The topological polar surface area (TPSA) is 55.5 Å². The Morgan fingerprint density at radius 2 is 1.86 bits per heavy atom. The predicted molar refractivity (Wildman–Crippen MR) is 51.7 cm³/mol. The molecule has 0 unspecified atom stereocenters. The number of hydrogen-bond acceptors (Lipinski definition) is 3. The molecule has 3 nitrogen and oxygen atoms in total. The first-order valence-electron chi connectivity index (χ1n) is 4.91. The molecule has 2 aliphatic rings. The van der Waals surface area contributed by atoms with Gasteiger partial charge in [0.15, 0.2) is 0 Å². The van der Waals surface area contributed by atoms with E-state index in [9.17, 15) is 5.11 Å². The largest absolute Gasteiger partial charge is 0.508 e. The highest BCUT2D eigenvalue weighted by molar-refractivity contribution is 5.48. The molecule has 1 heterocycles. The number of hydrogen-bond donors (Lipinski definition) is 2. The zero-order chi connectivity index (χ0) is 9.76. The maximum absolute atomic E-state index is 9.81. The number of ether oxygens (including phenoxy) is 1. The Balaban J connectivity index is 2.13. The van der Waals surface area contributed by atoms with E-state index in [1.165, 1.54) is 5.56 Å². The molecule has 0 saturated heterocycles. The van der Waals surface area contributed by atoms with Crippen molar-refractivity contribution in [3.05, 3.63) is 28.8 Å². The van der Waals surface area contributed by atoms with Gasteiger partial charge in [-0.3, -0.25) is 0 Å². The molecular weight excluding hydrogens is 178 g/mol. The molecule has 14 heavy (non-hydrogen) atoms. The first-order valence-corrected chi connectivity index (χ1v) is 4.91. The normalized spacial score (nSPS) is 22.1. The van der Waals surface area contributed by atoms with Crippen LogP contribution in [-0.2, 0) is 23.5 Å². The molecular formula is C11H13NO2. The van der Waals surface area contributed by atoms with Gasteiger partial charge >= 0.3 is 0 Å². The van der Waals surface area contributed by atoms with Crippen LogP contribution in [0.1, 0.15) is 29.5 Å². The number of rotatable bonds is 1. The van der Waals surface area contributed by atoms with Crippen molar-refractivity contribution >= 4 is 0 Å². The Labute approximate surface area is 82.5 Å². The van der Waals surface area contributed by atoms with Gasteiger partial charge in [-0.15, -0.1) is 0 Å². The minimum absolute atomic E-state index is 0.262. The van der Waals surface area contributed by atoms with E-state index in [2.05, 4.69) is 0 Å². The zero-order valence-corrected chi connectivity index (χ0v) is 7.92. The number of nitrogens with two attached hydrogens (primary N) is 1. The van der Waals surface area contributed by atoms with Crippen LogP contribution < -0.4 is 5.73 Å². The number of phenolic OH excluding ortho intramolecular Hbond substituents is 1. The molecule has 0 amide bonds. The van der Waals surface area contributed by atoms with Crippen LogP contribution in [0.15, 0.2) is 12.1 Å². The summed E-state index contributed by atoms with van der Waals surface area (Å²) in [6.07, 6.45) is 1.94. The fourth-order valence-electron chi connectivity index (χ4n) is 2.02. The molecule has 3 rings (SSSR count). The third-order valence-corrected chi connectivity index (χ3v) is 3.16. The van der Waals surface area contributed by atoms with Gasteiger partial charge in [-0.25, -0.2) is 0 Å². The minimum atomic E-state index is -0.262. The van der Waals surface area contributed by atoms with Crippen molar-refractivity contribution in [2.45, 2.75) is 31.6 Å². The van der Waals surface area contributed by atoms with Crippen molar-refractivity contribution in [2.75, 3.05) is 0 Å². The van der Waals surface area contributed by atoms with Crippen LogP contribution >= 0.6 is 0 Å². The second-order valence-electron chi connectivity index (χ2n) is 4.29. The SMILES string of the molecule is NC1(c2cc3c(cc2O)COC3)CC1. The van der Waals surface area contributed by atoms with Gasteiger partial charge in [0.2, 0.25) is 0 Å². The Morgan fingerprint density at radius 1 is 1.21 bits per heavy atom. The third kappa shape index (κ3) is 1.06. The van der Waals surface area contributed by atoms with Gasteiger partial charge in [-0.2, -0.15) is 0 Å². The molecule has 0 aromatic heterocycles. The van der Waals surface area contributed by atoms with Gasteiger partial charge < -0.3 is 15.6 Å². The lowest BCUT2D eigenvalue weighted by Gasteiger charge is -2.12. The Bertz CT molecular complexity index is 397. The van der Waals surface area contributed by atoms with Crippen LogP contribution in [0.5, 0.6) is 5.75 Å². The third-order valence-electron chi connectivity index (χ3n) is 3.16. The number of benzene rings is 1. The molecule has 3 N–H and O–H groups in total. The lowest BCUT2D eigenvalue weighted by atomic mass is 9.99. The molecule has 1 aliphatic heterocycles. The number of phenols is 1. The molecule has 1 aromatic rings.